The van der Waals surface area contributed by atoms with Crippen molar-refractivity contribution >= 4 is 23.4 Å². The predicted octanol–water partition coefficient (Wildman–Crippen LogP) is 2.41. The Morgan fingerprint density at radius 3 is 2.37 bits per heavy atom. The fourth-order valence-electron chi connectivity index (χ4n) is 1.73. The minimum absolute atomic E-state index is 0.0784. The molecule has 6 nitrogen and oxygen atoms in total. The highest BCUT2D eigenvalue weighted by molar-refractivity contribution is 6.30. The number of aryl methyl sites for hydroxylation is 2. The van der Waals surface area contributed by atoms with Crippen molar-refractivity contribution in [2.45, 2.75) is 13.8 Å². The number of nitrogen functional groups attached to an aromatic ring is 2. The van der Waals surface area contributed by atoms with Crippen LogP contribution in [-0.4, -0.2) is 9.97 Å². The Morgan fingerprint density at radius 2 is 1.79 bits per heavy atom. The molecule has 1 heterocycles. The lowest BCUT2D eigenvalue weighted by Gasteiger charge is -2.12. The van der Waals surface area contributed by atoms with Crippen LogP contribution >= 0.6 is 11.6 Å². The van der Waals surface area contributed by atoms with Gasteiger partial charge >= 0.3 is 0 Å². The smallest absolute Gasteiger partial charge is 0.226 e. The molecule has 0 radical (unpaired) electrons. The number of hydrogen-bond acceptors (Lipinski definition) is 6. The van der Waals surface area contributed by atoms with E-state index in [1.54, 1.807) is 6.07 Å². The molecular formula is C12H14ClN5O. The van der Waals surface area contributed by atoms with Crippen molar-refractivity contribution < 1.29 is 4.74 Å². The molecule has 0 saturated heterocycles. The predicted molar refractivity (Wildman–Crippen MR) is 75.3 cm³/mol. The zero-order valence-electron chi connectivity index (χ0n) is 10.6. The van der Waals surface area contributed by atoms with Gasteiger partial charge in [0.15, 0.2) is 0 Å². The third-order valence-electron chi connectivity index (χ3n) is 2.50. The summed E-state index contributed by atoms with van der Waals surface area (Å²) >= 11 is 5.97. The van der Waals surface area contributed by atoms with Crippen LogP contribution in [0.1, 0.15) is 11.1 Å². The van der Waals surface area contributed by atoms with Crippen LogP contribution in [0.4, 0.5) is 11.8 Å². The molecule has 2 aromatic rings. The molecule has 0 unspecified atom stereocenters. The molecule has 19 heavy (non-hydrogen) atoms. The lowest BCUT2D eigenvalue weighted by atomic mass is 10.1. The van der Waals surface area contributed by atoms with E-state index < -0.39 is 0 Å². The third kappa shape index (κ3) is 3.04. The highest BCUT2D eigenvalue weighted by Crippen LogP contribution is 2.31. The summed E-state index contributed by atoms with van der Waals surface area (Å²) in [5.74, 6) is 6.75. The lowest BCUT2D eigenvalue weighted by molar-refractivity contribution is 0.456. The number of hydrogen-bond donors (Lipinski definition) is 3. The first-order valence-electron chi connectivity index (χ1n) is 5.55. The summed E-state index contributed by atoms with van der Waals surface area (Å²) in [7, 11) is 0. The SMILES string of the molecule is Cc1cc(Cl)cc(C)c1Oc1cc(NN)nc(N)n1. The molecule has 100 valence electrons. The summed E-state index contributed by atoms with van der Waals surface area (Å²) in [4.78, 5) is 7.88. The molecule has 5 N–H and O–H groups in total. The zero-order chi connectivity index (χ0) is 14.0. The second kappa shape index (κ2) is 5.29. The van der Waals surface area contributed by atoms with E-state index >= 15 is 0 Å². The summed E-state index contributed by atoms with van der Waals surface area (Å²) in [6.45, 7) is 3.81. The van der Waals surface area contributed by atoms with Gasteiger partial charge in [-0.2, -0.15) is 9.97 Å². The molecule has 0 aliphatic heterocycles. The molecule has 0 atom stereocenters. The van der Waals surface area contributed by atoms with Gasteiger partial charge in [0.2, 0.25) is 11.8 Å². The molecule has 0 spiro atoms. The van der Waals surface area contributed by atoms with Crippen LogP contribution in [0, 0.1) is 13.8 Å². The van der Waals surface area contributed by atoms with E-state index in [2.05, 4.69) is 15.4 Å². The van der Waals surface area contributed by atoms with Gasteiger partial charge in [-0.25, -0.2) is 5.84 Å². The number of benzene rings is 1. The van der Waals surface area contributed by atoms with Crippen LogP contribution in [0.5, 0.6) is 11.6 Å². The summed E-state index contributed by atoms with van der Waals surface area (Å²) in [5.41, 5.74) is 9.78. The number of rotatable bonds is 3. The monoisotopic (exact) mass is 279 g/mol. The lowest BCUT2D eigenvalue weighted by Crippen LogP contribution is -2.10. The zero-order valence-corrected chi connectivity index (χ0v) is 11.3. The van der Waals surface area contributed by atoms with Crippen molar-refractivity contribution in [1.29, 1.82) is 0 Å². The first-order chi connectivity index (χ1) is 8.99. The van der Waals surface area contributed by atoms with Gasteiger partial charge in [0.25, 0.3) is 0 Å². The van der Waals surface area contributed by atoms with E-state index in [1.807, 2.05) is 26.0 Å². The Morgan fingerprint density at radius 1 is 1.16 bits per heavy atom. The van der Waals surface area contributed by atoms with E-state index in [-0.39, 0.29) is 5.95 Å². The van der Waals surface area contributed by atoms with E-state index in [0.29, 0.717) is 22.5 Å². The van der Waals surface area contributed by atoms with Gasteiger partial charge in [0, 0.05) is 11.1 Å². The van der Waals surface area contributed by atoms with Crippen LogP contribution in [0.15, 0.2) is 18.2 Å². The van der Waals surface area contributed by atoms with Crippen molar-refractivity contribution in [3.05, 3.63) is 34.3 Å². The van der Waals surface area contributed by atoms with Crippen molar-refractivity contribution in [3.8, 4) is 11.6 Å². The summed E-state index contributed by atoms with van der Waals surface area (Å²) in [6, 6.07) is 5.19. The topological polar surface area (TPSA) is 99.1 Å². The van der Waals surface area contributed by atoms with Gasteiger partial charge in [-0.3, -0.25) is 0 Å². The van der Waals surface area contributed by atoms with Gasteiger partial charge in [0.05, 0.1) is 0 Å². The number of hydrazine groups is 1. The van der Waals surface area contributed by atoms with Crippen molar-refractivity contribution in [2.75, 3.05) is 11.2 Å². The molecule has 0 bridgehead atoms. The molecule has 1 aromatic heterocycles. The molecule has 2 rings (SSSR count). The van der Waals surface area contributed by atoms with Gasteiger partial charge in [-0.15, -0.1) is 0 Å². The Balaban J connectivity index is 2.39. The maximum absolute atomic E-state index is 5.97. The van der Waals surface area contributed by atoms with Crippen LogP contribution in [0.25, 0.3) is 0 Å². The highest BCUT2D eigenvalue weighted by atomic mass is 35.5. The standard InChI is InChI=1S/C12H14ClN5O/c1-6-3-8(13)4-7(2)11(6)19-10-5-9(18-15)16-12(14)17-10/h3-5H,15H2,1-2H3,(H3,14,16,17,18). The van der Waals surface area contributed by atoms with E-state index in [0.717, 1.165) is 11.1 Å². The summed E-state index contributed by atoms with van der Waals surface area (Å²) in [6.07, 6.45) is 0. The first-order valence-corrected chi connectivity index (χ1v) is 5.93. The quantitative estimate of drug-likeness (QED) is 0.589. The van der Waals surface area contributed by atoms with Crippen LogP contribution < -0.4 is 21.7 Å². The normalized spacial score (nSPS) is 10.3. The minimum atomic E-state index is 0.0784. The molecule has 0 saturated carbocycles. The van der Waals surface area contributed by atoms with Crippen LogP contribution in [0.2, 0.25) is 5.02 Å². The van der Waals surface area contributed by atoms with Gasteiger partial charge in [-0.1, -0.05) is 11.6 Å². The average molecular weight is 280 g/mol. The van der Waals surface area contributed by atoms with Crippen LogP contribution in [0.3, 0.4) is 0 Å². The average Bonchev–Trinajstić information content (AvgIpc) is 2.33. The third-order valence-corrected chi connectivity index (χ3v) is 2.72. The Bertz CT molecular complexity index is 594. The number of halogens is 1. The number of ether oxygens (including phenoxy) is 1. The largest absolute Gasteiger partial charge is 0.438 e. The summed E-state index contributed by atoms with van der Waals surface area (Å²) in [5, 5.41) is 0.661. The van der Waals surface area contributed by atoms with E-state index in [1.165, 1.54) is 0 Å². The minimum Gasteiger partial charge on any atom is -0.438 e. The maximum Gasteiger partial charge on any atom is 0.226 e. The Hall–Kier alpha value is -2.05. The second-order valence-electron chi connectivity index (χ2n) is 4.06. The number of nitrogens with two attached hydrogens (primary N) is 2. The van der Waals surface area contributed by atoms with Crippen molar-refractivity contribution in [3.63, 3.8) is 0 Å². The summed E-state index contributed by atoms with van der Waals surface area (Å²) < 4.78 is 5.73. The van der Waals surface area contributed by atoms with E-state index in [4.69, 9.17) is 27.9 Å². The molecule has 0 amide bonds. The highest BCUT2D eigenvalue weighted by Gasteiger charge is 2.09. The van der Waals surface area contributed by atoms with Crippen molar-refractivity contribution in [2.24, 2.45) is 5.84 Å². The van der Waals surface area contributed by atoms with E-state index in [9.17, 15) is 0 Å². The number of nitrogens with zero attached hydrogens (tertiary/aromatic N) is 2. The maximum atomic E-state index is 5.97. The molecule has 1 aromatic carbocycles. The van der Waals surface area contributed by atoms with Crippen LogP contribution in [-0.2, 0) is 0 Å². The second-order valence-corrected chi connectivity index (χ2v) is 4.50. The number of nitrogens with one attached hydrogen (secondary N) is 1. The first kappa shape index (κ1) is 13.4. The van der Waals surface area contributed by atoms with Gasteiger partial charge in [-0.05, 0) is 37.1 Å². The fraction of sp³-hybridized carbons (Fsp3) is 0.167. The molecule has 0 fully saturated rings. The molecular weight excluding hydrogens is 266 g/mol. The molecule has 7 heteroatoms. The molecule has 0 aliphatic rings. The van der Waals surface area contributed by atoms with Gasteiger partial charge in [0.1, 0.15) is 11.6 Å². The van der Waals surface area contributed by atoms with Crippen molar-refractivity contribution in [1.82, 2.24) is 9.97 Å². The Labute approximate surface area is 115 Å². The number of anilines is 2. The fourth-order valence-corrected chi connectivity index (χ4v) is 2.06. The molecule has 0 aliphatic carbocycles. The Kier molecular flexibility index (Phi) is 3.73. The van der Waals surface area contributed by atoms with Gasteiger partial charge < -0.3 is 15.9 Å². The number of aromatic nitrogens is 2.